The van der Waals surface area contributed by atoms with Crippen molar-refractivity contribution in [2.45, 2.75) is 24.7 Å². The van der Waals surface area contributed by atoms with Gasteiger partial charge in [0.15, 0.2) is 6.04 Å². The molecule has 1 amide bonds. The van der Waals surface area contributed by atoms with Crippen LogP contribution in [0.2, 0.25) is 5.02 Å². The van der Waals surface area contributed by atoms with Crippen LogP contribution in [0.1, 0.15) is 34.4 Å². The normalized spacial score (nSPS) is 17.9. The fourth-order valence-corrected chi connectivity index (χ4v) is 3.75. The molecular weight excluding hydrogens is 449 g/mol. The number of rotatable bonds is 4. The van der Waals surface area contributed by atoms with E-state index in [0.29, 0.717) is 11.3 Å². The number of hydrogen-bond donors (Lipinski definition) is 3. The molecular formula is C21H18ClF3N4O3. The van der Waals surface area contributed by atoms with Crippen LogP contribution in [-0.2, 0) is 0 Å². The molecule has 1 aliphatic rings. The Morgan fingerprint density at radius 2 is 2.00 bits per heavy atom. The van der Waals surface area contributed by atoms with E-state index in [1.807, 2.05) is 0 Å². The molecule has 0 fully saturated rings. The highest BCUT2D eigenvalue weighted by molar-refractivity contribution is 6.31. The first-order valence-electron chi connectivity index (χ1n) is 9.52. The standard InChI is InChI=1S/C21H18ClF3N4O3/c1-32-13-5-2-11(3-6-13)15-9-18(21(23,24)25)29-19(27-15)14(10-26-29)20(31)28-16-8-12(22)4-7-17(16)30/h2-8,10,15,18,27,30H,9H2,1H3,(H,28,31)/t15-,18+/m1/s1. The van der Waals surface area contributed by atoms with Crippen LogP contribution in [-0.4, -0.2) is 34.1 Å². The number of ether oxygens (including phenoxy) is 1. The predicted octanol–water partition coefficient (Wildman–Crippen LogP) is 5.16. The molecule has 2 atom stereocenters. The fraction of sp³-hybridized carbons (Fsp3) is 0.238. The highest BCUT2D eigenvalue weighted by atomic mass is 35.5. The Bertz CT molecular complexity index is 1150. The van der Waals surface area contributed by atoms with Crippen molar-refractivity contribution < 1.29 is 27.8 Å². The van der Waals surface area contributed by atoms with E-state index in [1.165, 1.54) is 25.3 Å². The molecule has 0 unspecified atom stereocenters. The summed E-state index contributed by atoms with van der Waals surface area (Å²) in [5.41, 5.74) is 0.528. The summed E-state index contributed by atoms with van der Waals surface area (Å²) in [5, 5.41) is 19.5. The highest BCUT2D eigenvalue weighted by Gasteiger charge is 2.47. The van der Waals surface area contributed by atoms with Gasteiger partial charge in [-0.15, -0.1) is 0 Å². The number of carbonyl (C=O) groups excluding carboxylic acids is 1. The van der Waals surface area contributed by atoms with Crippen LogP contribution in [0.15, 0.2) is 48.7 Å². The maximum atomic E-state index is 13.8. The number of phenols is 1. The Morgan fingerprint density at radius 1 is 1.28 bits per heavy atom. The third-order valence-corrected chi connectivity index (χ3v) is 5.44. The first kappa shape index (κ1) is 21.8. The average molecular weight is 467 g/mol. The molecule has 1 aliphatic heterocycles. The van der Waals surface area contributed by atoms with Gasteiger partial charge in [-0.3, -0.25) is 4.79 Å². The molecule has 0 saturated carbocycles. The van der Waals surface area contributed by atoms with Crippen LogP contribution >= 0.6 is 11.6 Å². The molecule has 2 aromatic carbocycles. The van der Waals surface area contributed by atoms with E-state index in [0.717, 1.165) is 10.9 Å². The number of phenolic OH excluding ortho intramolecular Hbond substituents is 1. The summed E-state index contributed by atoms with van der Waals surface area (Å²) in [6.07, 6.45) is -3.82. The van der Waals surface area contributed by atoms with E-state index in [4.69, 9.17) is 16.3 Å². The molecule has 2 heterocycles. The topological polar surface area (TPSA) is 88.4 Å². The SMILES string of the molecule is COc1ccc([C@H]2C[C@@H](C(F)(F)F)n3ncc(C(=O)Nc4cc(Cl)ccc4O)c3N2)cc1. The molecule has 4 rings (SSSR count). The predicted molar refractivity (Wildman–Crippen MR) is 112 cm³/mol. The van der Waals surface area contributed by atoms with Crippen molar-refractivity contribution >= 4 is 29.0 Å². The Morgan fingerprint density at radius 3 is 2.66 bits per heavy atom. The summed E-state index contributed by atoms with van der Waals surface area (Å²) in [4.78, 5) is 12.8. The van der Waals surface area contributed by atoms with Gasteiger partial charge in [-0.05, 0) is 35.9 Å². The number of fused-ring (bicyclic) bond motifs is 1. The van der Waals surface area contributed by atoms with E-state index in [1.54, 1.807) is 24.3 Å². The van der Waals surface area contributed by atoms with Gasteiger partial charge in [-0.25, -0.2) is 4.68 Å². The van der Waals surface area contributed by atoms with Crippen LogP contribution in [0, 0.1) is 0 Å². The average Bonchev–Trinajstić information content (AvgIpc) is 3.19. The lowest BCUT2D eigenvalue weighted by Crippen LogP contribution is -2.36. The number of methoxy groups -OCH3 is 1. The zero-order valence-electron chi connectivity index (χ0n) is 16.7. The summed E-state index contributed by atoms with van der Waals surface area (Å²) in [6.45, 7) is 0. The second-order valence-corrected chi connectivity index (χ2v) is 7.67. The van der Waals surface area contributed by atoms with Crippen LogP contribution in [0.4, 0.5) is 24.7 Å². The molecule has 0 bridgehead atoms. The molecule has 0 saturated heterocycles. The summed E-state index contributed by atoms with van der Waals surface area (Å²) in [6, 6.07) is 8.06. The number of nitrogens with zero attached hydrogens (tertiary/aromatic N) is 2. The Hall–Kier alpha value is -3.40. The van der Waals surface area contributed by atoms with E-state index in [-0.39, 0.29) is 34.3 Å². The number of nitrogens with one attached hydrogen (secondary N) is 2. The fourth-order valence-electron chi connectivity index (χ4n) is 3.58. The van der Waals surface area contributed by atoms with Gasteiger partial charge in [0.25, 0.3) is 5.91 Å². The summed E-state index contributed by atoms with van der Waals surface area (Å²) in [5.74, 6) is -0.476. The van der Waals surface area contributed by atoms with Crippen molar-refractivity contribution in [1.82, 2.24) is 9.78 Å². The summed E-state index contributed by atoms with van der Waals surface area (Å²) in [7, 11) is 1.49. The van der Waals surface area contributed by atoms with Crippen LogP contribution in [0.5, 0.6) is 11.5 Å². The first-order chi connectivity index (χ1) is 15.2. The van der Waals surface area contributed by atoms with Crippen molar-refractivity contribution in [1.29, 1.82) is 0 Å². The lowest BCUT2D eigenvalue weighted by molar-refractivity contribution is -0.173. The molecule has 168 valence electrons. The number of benzene rings is 2. The lowest BCUT2D eigenvalue weighted by atomic mass is 9.96. The summed E-state index contributed by atoms with van der Waals surface area (Å²) >= 11 is 5.89. The molecule has 3 N–H and O–H groups in total. The molecule has 32 heavy (non-hydrogen) atoms. The van der Waals surface area contributed by atoms with Crippen LogP contribution in [0.3, 0.4) is 0 Å². The second-order valence-electron chi connectivity index (χ2n) is 7.23. The molecule has 3 aromatic rings. The monoisotopic (exact) mass is 466 g/mol. The van der Waals surface area contributed by atoms with Gasteiger partial charge < -0.3 is 20.5 Å². The number of aromatic hydroxyl groups is 1. The van der Waals surface area contributed by atoms with Crippen molar-refractivity contribution in [2.24, 2.45) is 0 Å². The third kappa shape index (κ3) is 4.18. The van der Waals surface area contributed by atoms with Crippen molar-refractivity contribution in [3.8, 4) is 11.5 Å². The summed E-state index contributed by atoms with van der Waals surface area (Å²) < 4.78 is 47.4. The number of aromatic nitrogens is 2. The zero-order valence-corrected chi connectivity index (χ0v) is 17.4. The molecule has 11 heteroatoms. The molecule has 0 aliphatic carbocycles. The minimum absolute atomic E-state index is 0.0253. The van der Waals surface area contributed by atoms with Gasteiger partial charge in [0.2, 0.25) is 0 Å². The smallest absolute Gasteiger partial charge is 0.410 e. The van der Waals surface area contributed by atoms with Crippen LogP contribution in [0.25, 0.3) is 0 Å². The first-order valence-corrected chi connectivity index (χ1v) is 9.89. The zero-order chi connectivity index (χ0) is 23.0. The molecule has 0 radical (unpaired) electrons. The van der Waals surface area contributed by atoms with E-state index in [9.17, 15) is 23.1 Å². The quantitative estimate of drug-likeness (QED) is 0.462. The minimum Gasteiger partial charge on any atom is -0.506 e. The van der Waals surface area contributed by atoms with Gasteiger partial charge in [0, 0.05) is 11.4 Å². The van der Waals surface area contributed by atoms with Crippen LogP contribution < -0.4 is 15.4 Å². The van der Waals surface area contributed by atoms with E-state index >= 15 is 0 Å². The number of alkyl halides is 3. The van der Waals surface area contributed by atoms with Gasteiger partial charge in [0.05, 0.1) is 25.0 Å². The van der Waals surface area contributed by atoms with Crippen molar-refractivity contribution in [2.75, 3.05) is 17.7 Å². The largest absolute Gasteiger partial charge is 0.506 e. The lowest BCUT2D eigenvalue weighted by Gasteiger charge is -2.34. The van der Waals surface area contributed by atoms with Crippen molar-refractivity contribution in [3.63, 3.8) is 0 Å². The molecule has 0 spiro atoms. The number of anilines is 2. The number of carbonyl (C=O) groups is 1. The van der Waals surface area contributed by atoms with E-state index in [2.05, 4.69) is 15.7 Å². The maximum Gasteiger partial charge on any atom is 0.410 e. The molecule has 7 nitrogen and oxygen atoms in total. The highest BCUT2D eigenvalue weighted by Crippen LogP contribution is 2.44. The maximum absolute atomic E-state index is 13.8. The van der Waals surface area contributed by atoms with Gasteiger partial charge in [-0.1, -0.05) is 23.7 Å². The van der Waals surface area contributed by atoms with Crippen molar-refractivity contribution in [3.05, 3.63) is 64.8 Å². The second kappa shape index (κ2) is 8.27. The Kier molecular flexibility index (Phi) is 5.64. The number of amides is 1. The van der Waals surface area contributed by atoms with Gasteiger partial charge in [0.1, 0.15) is 22.9 Å². The van der Waals surface area contributed by atoms with Gasteiger partial charge >= 0.3 is 6.18 Å². The van der Waals surface area contributed by atoms with Gasteiger partial charge in [-0.2, -0.15) is 18.3 Å². The van der Waals surface area contributed by atoms with E-state index < -0.39 is 24.2 Å². The minimum atomic E-state index is -4.58. The number of hydrogen-bond acceptors (Lipinski definition) is 5. The molecule has 1 aromatic heterocycles. The number of halogens is 4. The Labute approximate surface area is 185 Å². The third-order valence-electron chi connectivity index (χ3n) is 5.21. The Balaban J connectivity index is 1.69.